The van der Waals surface area contributed by atoms with Gasteiger partial charge in [0.25, 0.3) is 0 Å². The first-order valence-corrected chi connectivity index (χ1v) is 23.8. The molecule has 0 amide bonds. The number of rotatable bonds is 19. The number of hydrogen-bond acceptors (Lipinski definition) is 5. The molecular weight excluding hydrogens is 791 g/mol. The lowest BCUT2D eigenvalue weighted by molar-refractivity contribution is 0.0697. The van der Waals surface area contributed by atoms with Gasteiger partial charge in [0.2, 0.25) is 0 Å². The molecule has 0 unspecified atom stereocenters. The van der Waals surface area contributed by atoms with Crippen molar-refractivity contribution in [3.8, 4) is 23.0 Å². The highest BCUT2D eigenvalue weighted by Crippen LogP contribution is 2.45. The van der Waals surface area contributed by atoms with Crippen LogP contribution < -0.4 is 4.90 Å². The number of aromatic nitrogens is 2. The second-order valence-electron chi connectivity index (χ2n) is 16.8. The standard InChI is InChI=1S/C57H57N3O2S/c1-3-5-7-9-11-13-19-41-25-35-46(36-26-41)60(47-37-27-42(28-38-47)20-14-12-10-8-6-4-2)56-52-23-17-15-21-49(52)51(50-22-16-18-24-53(50)56)40-34-44-33-39-48(55-54(44)58-63-59-55)43-29-31-45(32-30-43)57(61)62/h15-18,21-33,35-39H,3-14,19-20H2,1-2H3,(H,61,62). The number of aromatic carboxylic acids is 1. The zero-order valence-corrected chi connectivity index (χ0v) is 37.5. The first kappa shape index (κ1) is 43.4. The third-order valence-electron chi connectivity index (χ3n) is 12.3. The Labute approximate surface area is 377 Å². The number of carboxylic acids is 1. The van der Waals surface area contributed by atoms with Gasteiger partial charge in [-0.3, -0.25) is 0 Å². The summed E-state index contributed by atoms with van der Waals surface area (Å²) in [6.07, 6.45) is 17.8. The van der Waals surface area contributed by atoms with E-state index in [2.05, 4.69) is 132 Å². The van der Waals surface area contributed by atoms with Gasteiger partial charge >= 0.3 is 5.97 Å². The fraction of sp³-hybridized carbons (Fsp3) is 0.281. The third-order valence-corrected chi connectivity index (χ3v) is 12.9. The van der Waals surface area contributed by atoms with Crippen LogP contribution in [-0.4, -0.2) is 19.8 Å². The summed E-state index contributed by atoms with van der Waals surface area (Å²) in [6, 6.07) is 46.8. The van der Waals surface area contributed by atoms with Gasteiger partial charge in [0.05, 0.1) is 28.5 Å². The lowest BCUT2D eigenvalue weighted by Crippen LogP contribution is -2.12. The molecule has 0 bridgehead atoms. The zero-order valence-electron chi connectivity index (χ0n) is 36.7. The van der Waals surface area contributed by atoms with Gasteiger partial charge in [-0.05, 0) is 84.8 Å². The van der Waals surface area contributed by atoms with Crippen molar-refractivity contribution in [3.63, 3.8) is 0 Å². The van der Waals surface area contributed by atoms with Crippen LogP contribution in [0.3, 0.4) is 0 Å². The highest BCUT2D eigenvalue weighted by Gasteiger charge is 2.21. The summed E-state index contributed by atoms with van der Waals surface area (Å²) in [5.41, 5.74) is 11.5. The van der Waals surface area contributed by atoms with E-state index in [1.165, 1.54) is 88.2 Å². The maximum Gasteiger partial charge on any atom is 0.335 e. The van der Waals surface area contributed by atoms with Gasteiger partial charge in [0.1, 0.15) is 11.0 Å². The third kappa shape index (κ3) is 10.2. The average molecular weight is 848 g/mol. The molecule has 0 saturated carbocycles. The Morgan fingerprint density at radius 3 is 1.56 bits per heavy atom. The molecule has 0 atom stereocenters. The van der Waals surface area contributed by atoms with Crippen LogP contribution in [-0.2, 0) is 12.8 Å². The second kappa shape index (κ2) is 21.2. The van der Waals surface area contributed by atoms with E-state index < -0.39 is 5.97 Å². The van der Waals surface area contributed by atoms with Crippen molar-refractivity contribution in [2.75, 3.05) is 4.90 Å². The number of carboxylic acid groups (broad SMARTS) is 1. The van der Waals surface area contributed by atoms with Gasteiger partial charge in [-0.2, -0.15) is 8.75 Å². The molecular formula is C57H57N3O2S. The summed E-state index contributed by atoms with van der Waals surface area (Å²) in [5, 5.41) is 13.9. The molecule has 0 spiro atoms. The highest BCUT2D eigenvalue weighted by molar-refractivity contribution is 7.00. The summed E-state index contributed by atoms with van der Waals surface area (Å²) in [5.74, 6) is 6.22. The van der Waals surface area contributed by atoms with Crippen LogP contribution in [0.4, 0.5) is 17.1 Å². The molecule has 0 aliphatic rings. The lowest BCUT2D eigenvalue weighted by atomic mass is 9.93. The van der Waals surface area contributed by atoms with Crippen molar-refractivity contribution < 1.29 is 9.90 Å². The predicted octanol–water partition coefficient (Wildman–Crippen LogP) is 16.0. The minimum atomic E-state index is -0.950. The normalized spacial score (nSPS) is 11.3. The SMILES string of the molecule is CCCCCCCCc1ccc(N(c2ccc(CCCCCCCC)cc2)c2c3ccccc3c(C#Cc3ccc(-c4ccc(C(=O)O)cc4)c4nsnc34)c3ccccc23)cc1. The van der Waals surface area contributed by atoms with E-state index in [1.807, 2.05) is 24.3 Å². The van der Waals surface area contributed by atoms with Gasteiger partial charge in [0.15, 0.2) is 0 Å². The maximum atomic E-state index is 11.5. The van der Waals surface area contributed by atoms with Gasteiger partial charge in [-0.15, -0.1) is 0 Å². The van der Waals surface area contributed by atoms with Crippen LogP contribution >= 0.6 is 11.7 Å². The molecule has 0 aliphatic carbocycles. The Hall–Kier alpha value is -6.29. The Morgan fingerprint density at radius 2 is 1.03 bits per heavy atom. The van der Waals surface area contributed by atoms with E-state index >= 15 is 0 Å². The van der Waals surface area contributed by atoms with E-state index in [-0.39, 0.29) is 5.56 Å². The Balaban J connectivity index is 1.19. The van der Waals surface area contributed by atoms with Crippen molar-refractivity contribution in [3.05, 3.63) is 161 Å². The van der Waals surface area contributed by atoms with E-state index in [0.29, 0.717) is 0 Å². The fourth-order valence-electron chi connectivity index (χ4n) is 8.85. The molecule has 5 nitrogen and oxygen atoms in total. The first-order chi connectivity index (χ1) is 31.0. The van der Waals surface area contributed by atoms with Gasteiger partial charge in [-0.1, -0.05) is 181 Å². The Morgan fingerprint density at radius 1 is 0.540 bits per heavy atom. The highest BCUT2D eigenvalue weighted by atomic mass is 32.1. The molecule has 7 aromatic carbocycles. The molecule has 8 aromatic rings. The maximum absolute atomic E-state index is 11.5. The summed E-state index contributed by atoms with van der Waals surface area (Å²) in [4.78, 5) is 14.0. The zero-order chi connectivity index (χ0) is 43.4. The van der Waals surface area contributed by atoms with Crippen LogP contribution in [0.5, 0.6) is 0 Å². The molecule has 318 valence electrons. The number of carbonyl (C=O) groups is 1. The van der Waals surface area contributed by atoms with Crippen LogP contribution in [0.15, 0.2) is 133 Å². The molecule has 0 radical (unpaired) electrons. The molecule has 8 rings (SSSR count). The predicted molar refractivity (Wildman–Crippen MR) is 266 cm³/mol. The minimum Gasteiger partial charge on any atom is -0.478 e. The van der Waals surface area contributed by atoms with E-state index in [1.54, 1.807) is 12.1 Å². The van der Waals surface area contributed by atoms with Crippen molar-refractivity contribution in [2.45, 2.75) is 104 Å². The summed E-state index contributed by atoms with van der Waals surface area (Å²) in [7, 11) is 0. The number of anilines is 3. The van der Waals surface area contributed by atoms with E-state index in [0.717, 1.165) is 96.5 Å². The smallest absolute Gasteiger partial charge is 0.335 e. The summed E-state index contributed by atoms with van der Waals surface area (Å²) < 4.78 is 9.36. The molecule has 1 heterocycles. The monoisotopic (exact) mass is 847 g/mol. The van der Waals surface area contributed by atoms with Crippen LogP contribution in [0.1, 0.15) is 124 Å². The molecule has 0 aliphatic heterocycles. The molecule has 1 N–H and O–H groups in total. The number of benzene rings is 7. The Kier molecular flexibility index (Phi) is 14.6. The fourth-order valence-corrected chi connectivity index (χ4v) is 9.43. The largest absolute Gasteiger partial charge is 0.478 e. The second-order valence-corrected chi connectivity index (χ2v) is 17.3. The molecule has 0 saturated heterocycles. The summed E-state index contributed by atoms with van der Waals surface area (Å²) >= 11 is 1.16. The number of hydrogen-bond donors (Lipinski definition) is 1. The van der Waals surface area contributed by atoms with Crippen LogP contribution in [0.2, 0.25) is 0 Å². The molecule has 1 aromatic heterocycles. The Bertz CT molecular complexity index is 2730. The van der Waals surface area contributed by atoms with Gasteiger partial charge < -0.3 is 10.0 Å². The van der Waals surface area contributed by atoms with Crippen LogP contribution in [0, 0.1) is 11.8 Å². The number of unbranched alkanes of at least 4 members (excludes halogenated alkanes) is 10. The average Bonchev–Trinajstić information content (AvgIpc) is 3.82. The lowest BCUT2D eigenvalue weighted by Gasteiger charge is -2.29. The van der Waals surface area contributed by atoms with Gasteiger partial charge in [0, 0.05) is 44.0 Å². The summed E-state index contributed by atoms with van der Waals surface area (Å²) in [6.45, 7) is 4.55. The number of aryl methyl sites for hydroxylation is 2. The number of nitrogens with zero attached hydrogens (tertiary/aromatic N) is 3. The van der Waals surface area contributed by atoms with Crippen molar-refractivity contribution in [1.82, 2.24) is 8.75 Å². The van der Waals surface area contributed by atoms with Gasteiger partial charge in [-0.25, -0.2) is 4.79 Å². The molecule has 0 fully saturated rings. The minimum absolute atomic E-state index is 0.246. The van der Waals surface area contributed by atoms with E-state index in [4.69, 9.17) is 4.37 Å². The quantitative estimate of drug-likeness (QED) is 0.0499. The van der Waals surface area contributed by atoms with Crippen LogP contribution in [0.25, 0.3) is 43.7 Å². The molecule has 6 heteroatoms. The number of fused-ring (bicyclic) bond motifs is 3. The first-order valence-electron chi connectivity index (χ1n) is 23.1. The molecule has 63 heavy (non-hydrogen) atoms. The van der Waals surface area contributed by atoms with Crippen molar-refractivity contribution >= 4 is 67.3 Å². The van der Waals surface area contributed by atoms with Crippen molar-refractivity contribution in [1.29, 1.82) is 0 Å². The van der Waals surface area contributed by atoms with E-state index in [9.17, 15) is 9.90 Å². The topological polar surface area (TPSA) is 66.3 Å². The van der Waals surface area contributed by atoms with Crippen molar-refractivity contribution in [2.24, 2.45) is 0 Å².